The number of hydrogen-bond donors (Lipinski definition) is 1. The van der Waals surface area contributed by atoms with Crippen LogP contribution < -0.4 is 5.32 Å². The van der Waals surface area contributed by atoms with Crippen molar-refractivity contribution in [1.82, 2.24) is 10.2 Å². The first kappa shape index (κ1) is 12.6. The molecule has 2 atom stereocenters. The second-order valence-electron chi connectivity index (χ2n) is 5.24. The lowest BCUT2D eigenvalue weighted by Gasteiger charge is -2.26. The highest BCUT2D eigenvalue weighted by molar-refractivity contribution is 5.28. The van der Waals surface area contributed by atoms with Crippen molar-refractivity contribution in [1.29, 1.82) is 0 Å². The van der Waals surface area contributed by atoms with Crippen LogP contribution in [0.3, 0.4) is 0 Å². The molecule has 1 aromatic carbocycles. The molecular formula is C15H24N2. The van der Waals surface area contributed by atoms with Crippen molar-refractivity contribution >= 4 is 0 Å². The molecule has 1 heterocycles. The molecule has 1 saturated heterocycles. The number of benzene rings is 1. The standard InChI is InChI=1S/C15H24N2/c1-12-6-4-5-7-15(12)13(2)17-9-8-14(11-17)10-16-3/h4-7,13-14,16H,8-11H2,1-3H3. The number of likely N-dealkylation sites (tertiary alicyclic amines) is 1. The molecule has 0 aliphatic carbocycles. The van der Waals surface area contributed by atoms with E-state index < -0.39 is 0 Å². The van der Waals surface area contributed by atoms with Gasteiger partial charge in [0.1, 0.15) is 0 Å². The highest BCUT2D eigenvalue weighted by Gasteiger charge is 2.26. The van der Waals surface area contributed by atoms with Crippen LogP contribution in [0.25, 0.3) is 0 Å². The molecule has 0 amide bonds. The van der Waals surface area contributed by atoms with Crippen molar-refractivity contribution in [2.24, 2.45) is 5.92 Å². The van der Waals surface area contributed by atoms with Gasteiger partial charge in [0.25, 0.3) is 0 Å². The van der Waals surface area contributed by atoms with E-state index in [1.807, 2.05) is 7.05 Å². The molecule has 0 aromatic heterocycles. The van der Waals surface area contributed by atoms with Crippen molar-refractivity contribution in [2.45, 2.75) is 26.3 Å². The largest absolute Gasteiger partial charge is 0.319 e. The first-order chi connectivity index (χ1) is 8.22. The van der Waals surface area contributed by atoms with Gasteiger partial charge in [0.05, 0.1) is 0 Å². The zero-order valence-corrected chi connectivity index (χ0v) is 11.2. The van der Waals surface area contributed by atoms with Gasteiger partial charge in [-0.1, -0.05) is 24.3 Å². The minimum absolute atomic E-state index is 0.554. The van der Waals surface area contributed by atoms with Crippen LogP contribution in [0.15, 0.2) is 24.3 Å². The molecule has 1 aliphatic rings. The van der Waals surface area contributed by atoms with Gasteiger partial charge in [0.15, 0.2) is 0 Å². The van der Waals surface area contributed by atoms with Crippen LogP contribution in [0.2, 0.25) is 0 Å². The van der Waals surface area contributed by atoms with Crippen LogP contribution in [0.1, 0.15) is 30.5 Å². The second kappa shape index (κ2) is 5.65. The van der Waals surface area contributed by atoms with Gasteiger partial charge in [-0.25, -0.2) is 0 Å². The molecule has 0 saturated carbocycles. The third-order valence-corrected chi connectivity index (χ3v) is 4.00. The maximum absolute atomic E-state index is 3.29. The third kappa shape index (κ3) is 2.88. The van der Waals surface area contributed by atoms with Crippen molar-refractivity contribution in [3.63, 3.8) is 0 Å². The average Bonchev–Trinajstić information content (AvgIpc) is 2.78. The van der Waals surface area contributed by atoms with E-state index in [0.717, 1.165) is 12.5 Å². The van der Waals surface area contributed by atoms with Gasteiger partial charge < -0.3 is 5.32 Å². The van der Waals surface area contributed by atoms with E-state index in [1.54, 1.807) is 0 Å². The monoisotopic (exact) mass is 232 g/mol. The number of rotatable bonds is 4. The first-order valence-electron chi connectivity index (χ1n) is 6.66. The molecule has 17 heavy (non-hydrogen) atoms. The van der Waals surface area contributed by atoms with Crippen LogP contribution in [0.4, 0.5) is 0 Å². The molecule has 2 nitrogen and oxygen atoms in total. The van der Waals surface area contributed by atoms with Gasteiger partial charge >= 0.3 is 0 Å². The normalized spacial score (nSPS) is 22.9. The Balaban J connectivity index is 2.02. The van der Waals surface area contributed by atoms with E-state index >= 15 is 0 Å². The van der Waals surface area contributed by atoms with Gasteiger partial charge in [0.2, 0.25) is 0 Å². The Bertz CT molecular complexity index is 362. The van der Waals surface area contributed by atoms with Gasteiger partial charge in [0, 0.05) is 12.6 Å². The van der Waals surface area contributed by atoms with Gasteiger partial charge in [-0.3, -0.25) is 4.90 Å². The molecule has 0 bridgehead atoms. The summed E-state index contributed by atoms with van der Waals surface area (Å²) in [5, 5.41) is 3.29. The Labute approximate surface area is 105 Å². The minimum atomic E-state index is 0.554. The van der Waals surface area contributed by atoms with Gasteiger partial charge in [-0.2, -0.15) is 0 Å². The second-order valence-corrected chi connectivity index (χ2v) is 5.24. The Kier molecular flexibility index (Phi) is 4.19. The fourth-order valence-electron chi connectivity index (χ4n) is 2.92. The van der Waals surface area contributed by atoms with Crippen molar-refractivity contribution < 1.29 is 0 Å². The molecular weight excluding hydrogens is 208 g/mol. The van der Waals surface area contributed by atoms with Crippen LogP contribution in [-0.2, 0) is 0 Å². The Morgan fingerprint density at radius 1 is 1.41 bits per heavy atom. The van der Waals surface area contributed by atoms with E-state index in [2.05, 4.69) is 48.3 Å². The smallest absolute Gasteiger partial charge is 0.0322 e. The van der Waals surface area contributed by atoms with Gasteiger partial charge in [-0.15, -0.1) is 0 Å². The number of nitrogens with one attached hydrogen (secondary N) is 1. The molecule has 1 aliphatic heterocycles. The first-order valence-corrected chi connectivity index (χ1v) is 6.66. The van der Waals surface area contributed by atoms with E-state index in [4.69, 9.17) is 0 Å². The van der Waals surface area contributed by atoms with Crippen LogP contribution in [0.5, 0.6) is 0 Å². The summed E-state index contributed by atoms with van der Waals surface area (Å²) in [4.78, 5) is 2.62. The lowest BCUT2D eigenvalue weighted by Crippen LogP contribution is -2.27. The summed E-state index contributed by atoms with van der Waals surface area (Å²) in [5.74, 6) is 0.825. The fraction of sp³-hybridized carbons (Fsp3) is 0.600. The Morgan fingerprint density at radius 3 is 2.88 bits per heavy atom. The molecule has 2 unspecified atom stereocenters. The SMILES string of the molecule is CNCC1CCN(C(C)c2ccccc2C)C1. The molecule has 0 radical (unpaired) electrons. The van der Waals surface area contributed by atoms with Crippen LogP contribution in [-0.4, -0.2) is 31.6 Å². The molecule has 1 fully saturated rings. The van der Waals surface area contributed by atoms with E-state index in [9.17, 15) is 0 Å². The van der Waals surface area contributed by atoms with Crippen molar-refractivity contribution in [3.05, 3.63) is 35.4 Å². The van der Waals surface area contributed by atoms with E-state index in [-0.39, 0.29) is 0 Å². The highest BCUT2D eigenvalue weighted by atomic mass is 15.2. The van der Waals surface area contributed by atoms with Crippen LogP contribution >= 0.6 is 0 Å². The summed E-state index contributed by atoms with van der Waals surface area (Å²) < 4.78 is 0. The fourth-order valence-corrected chi connectivity index (χ4v) is 2.92. The Morgan fingerprint density at radius 2 is 2.18 bits per heavy atom. The van der Waals surface area contributed by atoms with E-state index in [1.165, 1.54) is 30.6 Å². The maximum Gasteiger partial charge on any atom is 0.0322 e. The number of aryl methyl sites for hydroxylation is 1. The summed E-state index contributed by atoms with van der Waals surface area (Å²) in [6.07, 6.45) is 1.33. The van der Waals surface area contributed by atoms with Crippen molar-refractivity contribution in [2.75, 3.05) is 26.7 Å². The third-order valence-electron chi connectivity index (χ3n) is 4.00. The number of hydrogen-bond acceptors (Lipinski definition) is 2. The predicted octanol–water partition coefficient (Wildman–Crippen LogP) is 2.60. The summed E-state index contributed by atoms with van der Waals surface area (Å²) in [6, 6.07) is 9.32. The lowest BCUT2D eigenvalue weighted by molar-refractivity contribution is 0.251. The molecule has 1 N–H and O–H groups in total. The van der Waals surface area contributed by atoms with Gasteiger partial charge in [-0.05, 0) is 57.5 Å². The zero-order valence-electron chi connectivity index (χ0n) is 11.2. The topological polar surface area (TPSA) is 15.3 Å². The minimum Gasteiger partial charge on any atom is -0.319 e. The van der Waals surface area contributed by atoms with Crippen molar-refractivity contribution in [3.8, 4) is 0 Å². The molecule has 94 valence electrons. The lowest BCUT2D eigenvalue weighted by atomic mass is 10.0. The summed E-state index contributed by atoms with van der Waals surface area (Å²) in [7, 11) is 2.05. The zero-order chi connectivity index (χ0) is 12.3. The maximum atomic E-state index is 3.29. The molecule has 0 spiro atoms. The summed E-state index contributed by atoms with van der Waals surface area (Å²) in [6.45, 7) is 8.17. The average molecular weight is 232 g/mol. The molecule has 2 heteroatoms. The number of nitrogens with zero attached hydrogens (tertiary/aromatic N) is 1. The van der Waals surface area contributed by atoms with Crippen LogP contribution in [0, 0.1) is 12.8 Å². The molecule has 1 aromatic rings. The summed E-state index contributed by atoms with van der Waals surface area (Å²) in [5.41, 5.74) is 2.90. The Hall–Kier alpha value is -0.860. The predicted molar refractivity (Wildman–Crippen MR) is 73.2 cm³/mol. The highest BCUT2D eigenvalue weighted by Crippen LogP contribution is 2.28. The summed E-state index contributed by atoms with van der Waals surface area (Å²) >= 11 is 0. The quantitative estimate of drug-likeness (QED) is 0.858. The molecule has 2 rings (SSSR count). The van der Waals surface area contributed by atoms with E-state index in [0.29, 0.717) is 6.04 Å².